The predicted octanol–water partition coefficient (Wildman–Crippen LogP) is 2.95. The van der Waals surface area contributed by atoms with Crippen LogP contribution in [0.5, 0.6) is 0 Å². The molecule has 0 aromatic carbocycles. The van der Waals surface area contributed by atoms with Crippen LogP contribution in [0, 0.1) is 11.8 Å². The van der Waals surface area contributed by atoms with Gasteiger partial charge in [-0.25, -0.2) is 0 Å². The average Bonchev–Trinajstić information content (AvgIpc) is 2.30. The standard InChI is InChI=1S/C14H22N2/c1-12(2)14-6-4-8-16(11-14)10-13-5-3-7-15-9-13/h3,5,7,9,12,14H,4,6,8,10-11H2,1-2H3. The average molecular weight is 218 g/mol. The molecule has 0 N–H and O–H groups in total. The molecule has 1 atom stereocenters. The Hall–Kier alpha value is -0.890. The van der Waals surface area contributed by atoms with Gasteiger partial charge in [-0.3, -0.25) is 9.88 Å². The molecule has 0 saturated carbocycles. The monoisotopic (exact) mass is 218 g/mol. The summed E-state index contributed by atoms with van der Waals surface area (Å²) in [4.78, 5) is 6.75. The first-order valence-electron chi connectivity index (χ1n) is 6.37. The molecule has 1 saturated heterocycles. The van der Waals surface area contributed by atoms with Gasteiger partial charge in [-0.05, 0) is 42.9 Å². The van der Waals surface area contributed by atoms with Crippen LogP contribution in [0.2, 0.25) is 0 Å². The summed E-state index contributed by atoms with van der Waals surface area (Å²) in [6.07, 6.45) is 6.58. The minimum atomic E-state index is 0.816. The SMILES string of the molecule is CC(C)C1CCCN(Cc2cccnc2)C1. The lowest BCUT2D eigenvalue weighted by atomic mass is 9.88. The fraction of sp³-hybridized carbons (Fsp3) is 0.643. The summed E-state index contributed by atoms with van der Waals surface area (Å²) in [5.41, 5.74) is 1.34. The number of pyridine rings is 1. The summed E-state index contributed by atoms with van der Waals surface area (Å²) >= 11 is 0. The Balaban J connectivity index is 1.90. The second-order valence-corrected chi connectivity index (χ2v) is 5.24. The van der Waals surface area contributed by atoms with Gasteiger partial charge in [-0.1, -0.05) is 19.9 Å². The molecule has 0 aliphatic carbocycles. The highest BCUT2D eigenvalue weighted by molar-refractivity contribution is 5.08. The highest BCUT2D eigenvalue weighted by atomic mass is 15.1. The van der Waals surface area contributed by atoms with Gasteiger partial charge in [-0.2, -0.15) is 0 Å². The summed E-state index contributed by atoms with van der Waals surface area (Å²) in [6, 6.07) is 4.20. The molecule has 2 heterocycles. The largest absolute Gasteiger partial charge is 0.299 e. The maximum atomic E-state index is 4.18. The van der Waals surface area contributed by atoms with Crippen molar-refractivity contribution in [3.63, 3.8) is 0 Å². The molecule has 1 aliphatic heterocycles. The summed E-state index contributed by atoms with van der Waals surface area (Å²) in [7, 11) is 0. The van der Waals surface area contributed by atoms with Crippen LogP contribution in [0.25, 0.3) is 0 Å². The molecule has 2 nitrogen and oxygen atoms in total. The van der Waals surface area contributed by atoms with E-state index in [1.165, 1.54) is 31.5 Å². The number of piperidine rings is 1. The van der Waals surface area contributed by atoms with Gasteiger partial charge in [0, 0.05) is 25.5 Å². The van der Waals surface area contributed by atoms with E-state index in [4.69, 9.17) is 0 Å². The molecule has 0 spiro atoms. The molecule has 1 aromatic rings. The Morgan fingerprint density at radius 1 is 1.50 bits per heavy atom. The number of hydrogen-bond acceptors (Lipinski definition) is 2. The van der Waals surface area contributed by atoms with E-state index in [1.54, 1.807) is 0 Å². The van der Waals surface area contributed by atoms with Crippen molar-refractivity contribution in [1.82, 2.24) is 9.88 Å². The van der Waals surface area contributed by atoms with Crippen molar-refractivity contribution in [3.05, 3.63) is 30.1 Å². The zero-order valence-corrected chi connectivity index (χ0v) is 10.4. The summed E-state index contributed by atoms with van der Waals surface area (Å²) in [5.74, 6) is 1.70. The first-order chi connectivity index (χ1) is 7.75. The molecule has 88 valence electrons. The third-order valence-corrected chi connectivity index (χ3v) is 3.61. The second kappa shape index (κ2) is 5.44. The number of aromatic nitrogens is 1. The van der Waals surface area contributed by atoms with Gasteiger partial charge >= 0.3 is 0 Å². The number of nitrogens with zero attached hydrogens (tertiary/aromatic N) is 2. The zero-order valence-electron chi connectivity index (χ0n) is 10.4. The Kier molecular flexibility index (Phi) is 3.94. The van der Waals surface area contributed by atoms with Crippen molar-refractivity contribution < 1.29 is 0 Å². The lowest BCUT2D eigenvalue weighted by Gasteiger charge is -2.34. The quantitative estimate of drug-likeness (QED) is 0.775. The third-order valence-electron chi connectivity index (χ3n) is 3.61. The smallest absolute Gasteiger partial charge is 0.0312 e. The molecule has 1 unspecified atom stereocenters. The van der Waals surface area contributed by atoms with Crippen molar-refractivity contribution in [2.75, 3.05) is 13.1 Å². The van der Waals surface area contributed by atoms with Crippen molar-refractivity contribution in [2.24, 2.45) is 11.8 Å². The number of rotatable bonds is 3. The van der Waals surface area contributed by atoms with Gasteiger partial charge in [0.15, 0.2) is 0 Å². The van der Waals surface area contributed by atoms with Gasteiger partial charge in [0.2, 0.25) is 0 Å². The normalized spacial score (nSPS) is 22.6. The van der Waals surface area contributed by atoms with E-state index in [1.807, 2.05) is 18.5 Å². The van der Waals surface area contributed by atoms with Crippen molar-refractivity contribution in [1.29, 1.82) is 0 Å². The van der Waals surface area contributed by atoms with Gasteiger partial charge in [-0.15, -0.1) is 0 Å². The van der Waals surface area contributed by atoms with E-state index in [-0.39, 0.29) is 0 Å². The van der Waals surface area contributed by atoms with Crippen molar-refractivity contribution in [2.45, 2.75) is 33.2 Å². The van der Waals surface area contributed by atoms with E-state index >= 15 is 0 Å². The van der Waals surface area contributed by atoms with E-state index < -0.39 is 0 Å². The van der Waals surface area contributed by atoms with Crippen LogP contribution in [0.15, 0.2) is 24.5 Å². The van der Waals surface area contributed by atoms with Gasteiger partial charge in [0.25, 0.3) is 0 Å². The first-order valence-corrected chi connectivity index (χ1v) is 6.37. The molecular formula is C14H22N2. The van der Waals surface area contributed by atoms with Crippen molar-refractivity contribution in [3.8, 4) is 0 Å². The second-order valence-electron chi connectivity index (χ2n) is 5.24. The van der Waals surface area contributed by atoms with Crippen LogP contribution < -0.4 is 0 Å². The molecule has 1 aliphatic rings. The Bertz CT molecular complexity index is 308. The van der Waals surface area contributed by atoms with E-state index in [9.17, 15) is 0 Å². The fourth-order valence-electron chi connectivity index (χ4n) is 2.53. The van der Waals surface area contributed by atoms with Crippen LogP contribution in [-0.2, 0) is 6.54 Å². The summed E-state index contributed by atoms with van der Waals surface area (Å²) in [5, 5.41) is 0. The zero-order chi connectivity index (χ0) is 11.4. The molecule has 0 radical (unpaired) electrons. The lowest BCUT2D eigenvalue weighted by Crippen LogP contribution is -2.36. The summed E-state index contributed by atoms with van der Waals surface area (Å²) in [6.45, 7) is 8.26. The van der Waals surface area contributed by atoms with E-state index in [2.05, 4.69) is 29.8 Å². The van der Waals surface area contributed by atoms with Gasteiger partial charge in [0.05, 0.1) is 0 Å². The molecule has 16 heavy (non-hydrogen) atoms. The van der Waals surface area contributed by atoms with E-state index in [0.717, 1.165) is 18.4 Å². The Labute approximate surface area is 98.7 Å². The Morgan fingerprint density at radius 3 is 3.06 bits per heavy atom. The summed E-state index contributed by atoms with van der Waals surface area (Å²) < 4.78 is 0. The molecule has 2 rings (SSSR count). The minimum absolute atomic E-state index is 0.816. The van der Waals surface area contributed by atoms with E-state index in [0.29, 0.717) is 0 Å². The molecule has 1 aromatic heterocycles. The fourth-order valence-corrected chi connectivity index (χ4v) is 2.53. The lowest BCUT2D eigenvalue weighted by molar-refractivity contribution is 0.139. The predicted molar refractivity (Wildman–Crippen MR) is 67.1 cm³/mol. The molecular weight excluding hydrogens is 196 g/mol. The maximum absolute atomic E-state index is 4.18. The van der Waals surface area contributed by atoms with Gasteiger partial charge < -0.3 is 0 Å². The molecule has 1 fully saturated rings. The molecule has 0 bridgehead atoms. The minimum Gasteiger partial charge on any atom is -0.299 e. The molecule has 2 heteroatoms. The van der Waals surface area contributed by atoms with Crippen LogP contribution in [0.4, 0.5) is 0 Å². The van der Waals surface area contributed by atoms with Crippen LogP contribution in [0.1, 0.15) is 32.3 Å². The molecule has 0 amide bonds. The third kappa shape index (κ3) is 3.05. The Morgan fingerprint density at radius 2 is 2.38 bits per heavy atom. The van der Waals surface area contributed by atoms with Crippen LogP contribution >= 0.6 is 0 Å². The van der Waals surface area contributed by atoms with Gasteiger partial charge in [0.1, 0.15) is 0 Å². The highest BCUT2D eigenvalue weighted by Gasteiger charge is 2.22. The maximum Gasteiger partial charge on any atom is 0.0312 e. The topological polar surface area (TPSA) is 16.1 Å². The van der Waals surface area contributed by atoms with Crippen molar-refractivity contribution >= 4 is 0 Å². The number of hydrogen-bond donors (Lipinski definition) is 0. The highest BCUT2D eigenvalue weighted by Crippen LogP contribution is 2.24. The number of likely N-dealkylation sites (tertiary alicyclic amines) is 1. The first kappa shape index (κ1) is 11.6. The van der Waals surface area contributed by atoms with Crippen LogP contribution in [0.3, 0.4) is 0 Å². The van der Waals surface area contributed by atoms with Crippen LogP contribution in [-0.4, -0.2) is 23.0 Å².